The van der Waals surface area contributed by atoms with Crippen molar-refractivity contribution >= 4 is 31.6 Å². The van der Waals surface area contributed by atoms with Gasteiger partial charge in [-0.1, -0.05) is 12.8 Å². The molecular formula is C12H14BrFN2O2S. The van der Waals surface area contributed by atoms with Crippen LogP contribution >= 0.6 is 15.9 Å². The lowest BCUT2D eigenvalue weighted by Gasteiger charge is -2.20. The first-order valence-corrected chi connectivity index (χ1v) is 7.76. The maximum Gasteiger partial charge on any atom is 0.245 e. The zero-order valence-corrected chi connectivity index (χ0v) is 12.8. The number of nitrogens with zero attached hydrogens (tertiary/aromatic N) is 1. The molecule has 0 aliphatic carbocycles. The van der Waals surface area contributed by atoms with E-state index in [1.54, 1.807) is 0 Å². The summed E-state index contributed by atoms with van der Waals surface area (Å²) in [7, 11) is -3.80. The standard InChI is InChI=1S/C12H14BrFN2O2S/c1-3-5-16(6-4-2)19(17,18)12-8-11(15)10(14)7-9(12)13/h1,7-8H,4-6,15H2,2H3. The van der Waals surface area contributed by atoms with Crippen molar-refractivity contribution in [2.75, 3.05) is 18.8 Å². The molecule has 0 radical (unpaired) electrons. The van der Waals surface area contributed by atoms with Crippen LogP contribution in [0.2, 0.25) is 0 Å². The zero-order chi connectivity index (χ0) is 14.6. The number of halogens is 2. The van der Waals surface area contributed by atoms with E-state index in [4.69, 9.17) is 12.2 Å². The minimum Gasteiger partial charge on any atom is -0.396 e. The minimum absolute atomic E-state index is 0.0418. The summed E-state index contributed by atoms with van der Waals surface area (Å²) in [5.41, 5.74) is 5.19. The molecule has 0 aromatic heterocycles. The third-order valence-electron chi connectivity index (χ3n) is 2.41. The summed E-state index contributed by atoms with van der Waals surface area (Å²) in [4.78, 5) is -0.0879. The Kier molecular flexibility index (Phi) is 5.35. The van der Waals surface area contributed by atoms with Gasteiger partial charge in [0.1, 0.15) is 5.82 Å². The topological polar surface area (TPSA) is 63.4 Å². The van der Waals surface area contributed by atoms with Crippen LogP contribution in [0.5, 0.6) is 0 Å². The van der Waals surface area contributed by atoms with Crippen molar-refractivity contribution in [1.29, 1.82) is 0 Å². The molecule has 0 atom stereocenters. The Morgan fingerprint density at radius 1 is 1.53 bits per heavy atom. The second-order valence-corrected chi connectivity index (χ2v) is 6.61. The lowest BCUT2D eigenvalue weighted by molar-refractivity contribution is 0.445. The molecule has 0 heterocycles. The molecule has 19 heavy (non-hydrogen) atoms. The summed E-state index contributed by atoms with van der Waals surface area (Å²) in [6.45, 7) is 2.09. The molecule has 2 N–H and O–H groups in total. The molecule has 0 unspecified atom stereocenters. The molecule has 0 amide bonds. The van der Waals surface area contributed by atoms with Crippen LogP contribution in [0.3, 0.4) is 0 Å². The molecule has 0 fully saturated rings. The minimum atomic E-state index is -3.80. The summed E-state index contributed by atoms with van der Waals surface area (Å²) in [6, 6.07) is 2.12. The van der Waals surface area contributed by atoms with Gasteiger partial charge in [-0.2, -0.15) is 4.31 Å². The monoisotopic (exact) mass is 348 g/mol. The quantitative estimate of drug-likeness (QED) is 0.655. The van der Waals surface area contributed by atoms with E-state index in [1.165, 1.54) is 0 Å². The van der Waals surface area contributed by atoms with Crippen LogP contribution in [0, 0.1) is 18.2 Å². The van der Waals surface area contributed by atoms with Crippen LogP contribution < -0.4 is 5.73 Å². The molecule has 0 saturated heterocycles. The van der Waals surface area contributed by atoms with Gasteiger partial charge in [0.05, 0.1) is 17.1 Å². The number of sulfonamides is 1. The van der Waals surface area contributed by atoms with Gasteiger partial charge >= 0.3 is 0 Å². The number of rotatable bonds is 5. The van der Waals surface area contributed by atoms with Crippen LogP contribution in [0.1, 0.15) is 13.3 Å². The lowest BCUT2D eigenvalue weighted by atomic mass is 10.3. The Bertz CT molecular complexity index is 611. The van der Waals surface area contributed by atoms with Crippen molar-refractivity contribution in [2.45, 2.75) is 18.2 Å². The molecule has 104 valence electrons. The van der Waals surface area contributed by atoms with Crippen LogP contribution in [0.4, 0.5) is 10.1 Å². The van der Waals surface area contributed by atoms with Crippen molar-refractivity contribution in [2.24, 2.45) is 0 Å². The summed E-state index contributed by atoms with van der Waals surface area (Å²) in [6.07, 6.45) is 5.79. The van der Waals surface area contributed by atoms with Gasteiger partial charge in [0, 0.05) is 11.0 Å². The molecule has 0 aliphatic heterocycles. The van der Waals surface area contributed by atoms with Crippen LogP contribution in [-0.4, -0.2) is 25.8 Å². The van der Waals surface area contributed by atoms with E-state index >= 15 is 0 Å². The molecule has 1 rings (SSSR count). The summed E-state index contributed by atoms with van der Waals surface area (Å²) < 4.78 is 39.4. The Labute approximate surface area is 121 Å². The van der Waals surface area contributed by atoms with Crippen LogP contribution in [-0.2, 0) is 10.0 Å². The molecule has 0 aliphatic rings. The van der Waals surface area contributed by atoms with Crippen LogP contribution in [0.25, 0.3) is 0 Å². The first kappa shape index (κ1) is 16.0. The Hall–Kier alpha value is -1.10. The highest BCUT2D eigenvalue weighted by Gasteiger charge is 2.26. The van der Waals surface area contributed by atoms with Crippen molar-refractivity contribution in [3.8, 4) is 12.3 Å². The van der Waals surface area contributed by atoms with E-state index in [0.29, 0.717) is 6.42 Å². The molecule has 7 heteroatoms. The summed E-state index contributed by atoms with van der Waals surface area (Å²) in [5, 5.41) is 0. The Morgan fingerprint density at radius 3 is 2.68 bits per heavy atom. The average molecular weight is 349 g/mol. The maximum absolute atomic E-state index is 13.2. The molecular weight excluding hydrogens is 335 g/mol. The van der Waals surface area contributed by atoms with Crippen molar-refractivity contribution in [3.63, 3.8) is 0 Å². The highest BCUT2D eigenvalue weighted by atomic mass is 79.9. The number of terminal acetylenes is 1. The first-order valence-electron chi connectivity index (χ1n) is 5.52. The third kappa shape index (κ3) is 3.47. The van der Waals surface area contributed by atoms with E-state index in [9.17, 15) is 12.8 Å². The normalized spacial score (nSPS) is 11.5. The number of benzene rings is 1. The molecule has 4 nitrogen and oxygen atoms in total. The van der Waals surface area contributed by atoms with E-state index < -0.39 is 15.8 Å². The summed E-state index contributed by atoms with van der Waals surface area (Å²) in [5.74, 6) is 1.62. The highest BCUT2D eigenvalue weighted by Crippen LogP contribution is 2.29. The van der Waals surface area contributed by atoms with Crippen molar-refractivity contribution < 1.29 is 12.8 Å². The second-order valence-electron chi connectivity index (χ2n) is 3.85. The predicted octanol–water partition coefficient (Wildman–Crippen LogP) is 2.20. The number of hydrogen-bond acceptors (Lipinski definition) is 3. The number of nitrogen functional groups attached to an aromatic ring is 1. The number of anilines is 1. The largest absolute Gasteiger partial charge is 0.396 e. The van der Waals surface area contributed by atoms with E-state index in [1.807, 2.05) is 6.92 Å². The smallest absolute Gasteiger partial charge is 0.245 e. The third-order valence-corrected chi connectivity index (χ3v) is 5.21. The van der Waals surface area contributed by atoms with Gasteiger partial charge in [0.15, 0.2) is 0 Å². The van der Waals surface area contributed by atoms with E-state index in [-0.39, 0.29) is 28.1 Å². The highest BCUT2D eigenvalue weighted by molar-refractivity contribution is 9.10. The predicted molar refractivity (Wildman–Crippen MR) is 76.4 cm³/mol. The van der Waals surface area contributed by atoms with Gasteiger partial charge in [-0.15, -0.1) is 6.42 Å². The van der Waals surface area contributed by atoms with Gasteiger partial charge in [-0.25, -0.2) is 12.8 Å². The average Bonchev–Trinajstić information content (AvgIpc) is 2.33. The fourth-order valence-corrected chi connectivity index (χ4v) is 3.97. The van der Waals surface area contributed by atoms with Gasteiger partial charge in [0.2, 0.25) is 10.0 Å². The lowest BCUT2D eigenvalue weighted by Crippen LogP contribution is -2.32. The summed E-state index contributed by atoms with van der Waals surface area (Å²) >= 11 is 3.03. The van der Waals surface area contributed by atoms with Gasteiger partial charge in [-0.05, 0) is 34.5 Å². The SMILES string of the molecule is C#CCN(CCC)S(=O)(=O)c1cc(N)c(F)cc1Br. The van der Waals surface area contributed by atoms with Crippen LogP contribution in [0.15, 0.2) is 21.5 Å². The van der Waals surface area contributed by atoms with Gasteiger partial charge in [-0.3, -0.25) is 0 Å². The zero-order valence-electron chi connectivity index (χ0n) is 10.4. The van der Waals surface area contributed by atoms with Crippen molar-refractivity contribution in [3.05, 3.63) is 22.4 Å². The molecule has 0 saturated carbocycles. The van der Waals surface area contributed by atoms with E-state index in [0.717, 1.165) is 16.4 Å². The van der Waals surface area contributed by atoms with E-state index in [2.05, 4.69) is 21.9 Å². The Morgan fingerprint density at radius 2 is 2.16 bits per heavy atom. The van der Waals surface area contributed by atoms with Gasteiger partial charge < -0.3 is 5.73 Å². The first-order chi connectivity index (χ1) is 8.84. The molecule has 1 aromatic rings. The molecule has 0 spiro atoms. The Balaban J connectivity index is 3.33. The fourth-order valence-electron chi connectivity index (χ4n) is 1.52. The van der Waals surface area contributed by atoms with Crippen molar-refractivity contribution in [1.82, 2.24) is 4.31 Å². The second kappa shape index (κ2) is 6.37. The number of nitrogens with two attached hydrogens (primary N) is 1. The fraction of sp³-hybridized carbons (Fsp3) is 0.333. The maximum atomic E-state index is 13.2. The molecule has 1 aromatic carbocycles. The molecule has 0 bridgehead atoms. The number of hydrogen-bond donors (Lipinski definition) is 1. The van der Waals surface area contributed by atoms with Gasteiger partial charge in [0.25, 0.3) is 0 Å².